The Morgan fingerprint density at radius 2 is 2.05 bits per heavy atom. The molecule has 21 heavy (non-hydrogen) atoms. The van der Waals surface area contributed by atoms with E-state index in [4.69, 9.17) is 16.3 Å². The number of nitriles is 1. The van der Waals surface area contributed by atoms with Gasteiger partial charge in [0.05, 0.1) is 13.2 Å². The van der Waals surface area contributed by atoms with Crippen molar-refractivity contribution in [2.45, 2.75) is 5.92 Å². The van der Waals surface area contributed by atoms with Crippen LogP contribution in [0, 0.1) is 17.1 Å². The van der Waals surface area contributed by atoms with E-state index in [-0.39, 0.29) is 11.3 Å². The molecule has 2 aromatic rings. The van der Waals surface area contributed by atoms with E-state index < -0.39 is 17.5 Å². The Hall–Kier alpha value is -2.38. The fraction of sp³-hybridized carbons (Fsp3) is 0.125. The molecule has 1 atom stereocenters. The normalized spacial score (nSPS) is 11.5. The van der Waals surface area contributed by atoms with Gasteiger partial charge in [-0.2, -0.15) is 5.26 Å². The van der Waals surface area contributed by atoms with Crippen LogP contribution in [0.4, 0.5) is 4.39 Å². The summed E-state index contributed by atoms with van der Waals surface area (Å²) in [6, 6.07) is 12.3. The van der Waals surface area contributed by atoms with Gasteiger partial charge in [0.25, 0.3) is 0 Å². The maximum atomic E-state index is 13.7. The van der Waals surface area contributed by atoms with E-state index in [2.05, 4.69) is 0 Å². The minimum Gasteiger partial charge on any atom is -0.494 e. The fourth-order valence-electron chi connectivity index (χ4n) is 1.96. The van der Waals surface area contributed by atoms with Crippen molar-refractivity contribution in [1.82, 2.24) is 0 Å². The molecule has 0 heterocycles. The maximum Gasteiger partial charge on any atom is 0.184 e. The highest BCUT2D eigenvalue weighted by Crippen LogP contribution is 2.28. The highest BCUT2D eigenvalue weighted by Gasteiger charge is 2.24. The third-order valence-electron chi connectivity index (χ3n) is 3.04. The van der Waals surface area contributed by atoms with E-state index in [1.165, 1.54) is 19.2 Å². The summed E-state index contributed by atoms with van der Waals surface area (Å²) in [5.41, 5.74) is 0.502. The zero-order valence-corrected chi connectivity index (χ0v) is 11.9. The molecule has 0 fully saturated rings. The van der Waals surface area contributed by atoms with Gasteiger partial charge in [0.2, 0.25) is 0 Å². The average Bonchev–Trinajstić information content (AvgIpc) is 2.49. The lowest BCUT2D eigenvalue weighted by Gasteiger charge is -2.11. The van der Waals surface area contributed by atoms with Gasteiger partial charge in [-0.25, -0.2) is 4.39 Å². The smallest absolute Gasteiger partial charge is 0.184 e. The monoisotopic (exact) mass is 303 g/mol. The predicted molar refractivity (Wildman–Crippen MR) is 77.1 cm³/mol. The van der Waals surface area contributed by atoms with Crippen LogP contribution in [0.25, 0.3) is 0 Å². The number of halogens is 2. The van der Waals surface area contributed by atoms with Crippen molar-refractivity contribution in [3.8, 4) is 11.8 Å². The van der Waals surface area contributed by atoms with E-state index in [0.717, 1.165) is 6.07 Å². The van der Waals surface area contributed by atoms with Crippen molar-refractivity contribution >= 4 is 17.4 Å². The quantitative estimate of drug-likeness (QED) is 0.803. The Kier molecular flexibility index (Phi) is 4.56. The molecule has 0 spiro atoms. The van der Waals surface area contributed by atoms with Crippen LogP contribution < -0.4 is 4.74 Å². The second-order valence-corrected chi connectivity index (χ2v) is 4.70. The molecule has 0 saturated carbocycles. The summed E-state index contributed by atoms with van der Waals surface area (Å²) < 4.78 is 18.5. The molecular weight excluding hydrogens is 293 g/mol. The van der Waals surface area contributed by atoms with Crippen LogP contribution in [-0.2, 0) is 0 Å². The van der Waals surface area contributed by atoms with Gasteiger partial charge in [-0.1, -0.05) is 29.8 Å². The number of hydrogen-bond acceptors (Lipinski definition) is 3. The summed E-state index contributed by atoms with van der Waals surface area (Å²) >= 11 is 6.01. The van der Waals surface area contributed by atoms with Crippen molar-refractivity contribution in [3.05, 3.63) is 64.4 Å². The summed E-state index contributed by atoms with van der Waals surface area (Å²) in [5, 5.41) is 9.58. The average molecular weight is 304 g/mol. The molecular formula is C16H11ClFNO2. The fourth-order valence-corrected chi connectivity index (χ4v) is 2.21. The Labute approximate surface area is 126 Å². The minimum absolute atomic E-state index is 0.0396. The Balaban J connectivity index is 2.40. The molecule has 2 rings (SSSR count). The largest absolute Gasteiger partial charge is 0.494 e. The first-order valence-electron chi connectivity index (χ1n) is 6.10. The Morgan fingerprint density at radius 3 is 2.62 bits per heavy atom. The highest BCUT2D eigenvalue weighted by atomic mass is 35.5. The van der Waals surface area contributed by atoms with E-state index >= 15 is 0 Å². The molecule has 5 heteroatoms. The van der Waals surface area contributed by atoms with Crippen molar-refractivity contribution < 1.29 is 13.9 Å². The maximum absolute atomic E-state index is 13.7. The van der Waals surface area contributed by atoms with Gasteiger partial charge in [-0.15, -0.1) is 0 Å². The molecule has 2 aromatic carbocycles. The molecule has 0 aliphatic rings. The molecule has 0 aliphatic heterocycles. The van der Waals surface area contributed by atoms with Crippen LogP contribution in [0.15, 0.2) is 42.5 Å². The molecule has 0 radical (unpaired) electrons. The van der Waals surface area contributed by atoms with E-state index in [0.29, 0.717) is 10.6 Å². The lowest BCUT2D eigenvalue weighted by molar-refractivity contribution is 0.0978. The third-order valence-corrected chi connectivity index (χ3v) is 3.39. The summed E-state index contributed by atoms with van der Waals surface area (Å²) in [6.45, 7) is 0. The molecule has 0 saturated heterocycles. The van der Waals surface area contributed by atoms with Crippen LogP contribution in [0.2, 0.25) is 5.02 Å². The van der Waals surface area contributed by atoms with Gasteiger partial charge in [0.15, 0.2) is 17.3 Å². The number of rotatable bonds is 4. The summed E-state index contributed by atoms with van der Waals surface area (Å²) in [6.07, 6.45) is 0. The lowest BCUT2D eigenvalue weighted by atomic mass is 9.92. The minimum atomic E-state index is -1.08. The van der Waals surface area contributed by atoms with E-state index in [1.54, 1.807) is 24.3 Å². The second kappa shape index (κ2) is 6.38. The Bertz CT molecular complexity index is 724. The van der Waals surface area contributed by atoms with Crippen LogP contribution >= 0.6 is 11.6 Å². The molecule has 0 N–H and O–H groups in total. The van der Waals surface area contributed by atoms with Gasteiger partial charge in [-0.05, 0) is 29.8 Å². The molecule has 3 nitrogen and oxygen atoms in total. The number of ether oxygens (including phenoxy) is 1. The van der Waals surface area contributed by atoms with Crippen LogP contribution in [0.1, 0.15) is 21.8 Å². The standard InChI is InChI=1S/C16H11ClFNO2/c1-21-15-7-6-10(8-14(15)18)16(20)12(9-19)11-4-2-3-5-13(11)17/h2-8,12H,1H3. The number of nitrogens with zero attached hydrogens (tertiary/aromatic N) is 1. The molecule has 0 amide bonds. The SMILES string of the molecule is COc1ccc(C(=O)C(C#N)c2ccccc2Cl)cc1F. The van der Waals surface area contributed by atoms with Gasteiger partial charge in [0.1, 0.15) is 5.92 Å². The first-order valence-corrected chi connectivity index (χ1v) is 6.48. The van der Waals surface area contributed by atoms with Gasteiger partial charge in [-0.3, -0.25) is 4.79 Å². The van der Waals surface area contributed by atoms with Gasteiger partial charge >= 0.3 is 0 Å². The second-order valence-electron chi connectivity index (χ2n) is 4.30. The van der Waals surface area contributed by atoms with E-state index in [9.17, 15) is 14.4 Å². The highest BCUT2D eigenvalue weighted by molar-refractivity contribution is 6.31. The number of methoxy groups -OCH3 is 1. The molecule has 1 unspecified atom stereocenters. The van der Waals surface area contributed by atoms with Crippen molar-refractivity contribution in [3.63, 3.8) is 0 Å². The van der Waals surface area contributed by atoms with Crippen molar-refractivity contribution in [1.29, 1.82) is 5.26 Å². The Morgan fingerprint density at radius 1 is 1.33 bits per heavy atom. The third kappa shape index (κ3) is 3.04. The van der Waals surface area contributed by atoms with Crippen LogP contribution in [0.3, 0.4) is 0 Å². The van der Waals surface area contributed by atoms with Gasteiger partial charge in [0, 0.05) is 10.6 Å². The van der Waals surface area contributed by atoms with Crippen molar-refractivity contribution in [2.75, 3.05) is 7.11 Å². The topological polar surface area (TPSA) is 50.1 Å². The zero-order valence-electron chi connectivity index (χ0n) is 11.1. The molecule has 0 aliphatic carbocycles. The molecule has 0 bridgehead atoms. The number of ketones is 1. The molecule has 0 aromatic heterocycles. The summed E-state index contributed by atoms with van der Waals surface area (Å²) in [5.74, 6) is -2.20. The van der Waals surface area contributed by atoms with Crippen molar-refractivity contribution in [2.24, 2.45) is 0 Å². The van der Waals surface area contributed by atoms with Crippen LogP contribution in [-0.4, -0.2) is 12.9 Å². The number of carbonyl (C=O) groups is 1. The number of hydrogen-bond donors (Lipinski definition) is 0. The molecule has 106 valence electrons. The number of benzene rings is 2. The number of Topliss-reactive ketones (excluding diaryl/α,β-unsaturated/α-hetero) is 1. The first-order chi connectivity index (χ1) is 10.1. The number of carbonyl (C=O) groups excluding carboxylic acids is 1. The predicted octanol–water partition coefficient (Wildman–Crippen LogP) is 3.98. The lowest BCUT2D eigenvalue weighted by Crippen LogP contribution is -2.12. The summed E-state index contributed by atoms with van der Waals surface area (Å²) in [7, 11) is 1.34. The first kappa shape index (κ1) is 15.0. The summed E-state index contributed by atoms with van der Waals surface area (Å²) in [4.78, 5) is 12.4. The van der Waals surface area contributed by atoms with E-state index in [1.807, 2.05) is 6.07 Å². The van der Waals surface area contributed by atoms with Gasteiger partial charge < -0.3 is 4.74 Å². The zero-order chi connectivity index (χ0) is 15.4. The van der Waals surface area contributed by atoms with Crippen LogP contribution in [0.5, 0.6) is 5.75 Å².